The molecule has 0 radical (unpaired) electrons. The Balaban J connectivity index is 2.54. The van der Waals surface area contributed by atoms with E-state index in [1.807, 2.05) is 0 Å². The molecule has 0 saturated heterocycles. The molecule has 4 unspecified atom stereocenters. The van der Waals surface area contributed by atoms with Gasteiger partial charge in [0.15, 0.2) is 0 Å². The summed E-state index contributed by atoms with van der Waals surface area (Å²) in [7, 11) is 0. The van der Waals surface area contributed by atoms with E-state index in [1.54, 1.807) is 0 Å². The average molecular weight is 211 g/mol. The van der Waals surface area contributed by atoms with Gasteiger partial charge in [-0.25, -0.2) is 0 Å². The second-order valence-electron chi connectivity index (χ2n) is 6.12. The Kier molecular flexibility index (Phi) is 4.64. The summed E-state index contributed by atoms with van der Waals surface area (Å²) in [5.41, 5.74) is 6.76. The van der Waals surface area contributed by atoms with Crippen molar-refractivity contribution in [1.29, 1.82) is 0 Å². The van der Waals surface area contributed by atoms with E-state index < -0.39 is 0 Å². The fourth-order valence-corrected chi connectivity index (χ4v) is 3.30. The van der Waals surface area contributed by atoms with E-state index in [0.717, 1.165) is 11.8 Å². The molecule has 1 fully saturated rings. The molecule has 2 N–H and O–H groups in total. The molecule has 4 atom stereocenters. The molecule has 1 rings (SSSR count). The Morgan fingerprint density at radius 1 is 1.33 bits per heavy atom. The van der Waals surface area contributed by atoms with Crippen LogP contribution in [0.5, 0.6) is 0 Å². The normalized spacial score (nSPS) is 39.0. The molecular formula is C14H29N. The molecule has 0 aromatic rings. The molecule has 0 aromatic heterocycles. The first kappa shape index (κ1) is 13.0. The van der Waals surface area contributed by atoms with Gasteiger partial charge in [-0.2, -0.15) is 0 Å². The number of hydrogen-bond acceptors (Lipinski definition) is 1. The predicted octanol–water partition coefficient (Wildman–Crippen LogP) is 3.97. The number of hydrogen-bond donors (Lipinski definition) is 1. The fourth-order valence-electron chi connectivity index (χ4n) is 3.30. The smallest absolute Gasteiger partial charge is 0.0185 e. The summed E-state index contributed by atoms with van der Waals surface area (Å²) in [4.78, 5) is 0. The summed E-state index contributed by atoms with van der Waals surface area (Å²) >= 11 is 0. The third-order valence-corrected chi connectivity index (χ3v) is 4.31. The van der Waals surface area contributed by atoms with Crippen LogP contribution in [-0.4, -0.2) is 5.54 Å². The third kappa shape index (κ3) is 3.48. The Bertz CT molecular complexity index is 190. The van der Waals surface area contributed by atoms with Gasteiger partial charge in [-0.15, -0.1) is 0 Å². The standard InChI is InChI=1S/C14H29N/c1-5-6-11(2)9-14(15)10-12(3)7-8-13(14)4/h11-13H,5-10,15H2,1-4H3. The van der Waals surface area contributed by atoms with Crippen molar-refractivity contribution in [2.24, 2.45) is 23.5 Å². The van der Waals surface area contributed by atoms with Gasteiger partial charge in [0.1, 0.15) is 0 Å². The van der Waals surface area contributed by atoms with E-state index in [1.165, 1.54) is 38.5 Å². The van der Waals surface area contributed by atoms with Crippen LogP contribution in [0.3, 0.4) is 0 Å². The molecule has 0 spiro atoms. The molecule has 1 heteroatoms. The molecule has 0 bridgehead atoms. The van der Waals surface area contributed by atoms with Crippen molar-refractivity contribution in [3.05, 3.63) is 0 Å². The monoisotopic (exact) mass is 211 g/mol. The first-order valence-electron chi connectivity index (χ1n) is 6.76. The third-order valence-electron chi connectivity index (χ3n) is 4.31. The van der Waals surface area contributed by atoms with E-state index >= 15 is 0 Å². The van der Waals surface area contributed by atoms with E-state index in [9.17, 15) is 0 Å². The first-order chi connectivity index (χ1) is 6.98. The van der Waals surface area contributed by atoms with Crippen LogP contribution in [0.25, 0.3) is 0 Å². The first-order valence-corrected chi connectivity index (χ1v) is 6.76. The van der Waals surface area contributed by atoms with Crippen molar-refractivity contribution in [1.82, 2.24) is 0 Å². The van der Waals surface area contributed by atoms with Crippen molar-refractivity contribution in [2.45, 2.75) is 71.8 Å². The zero-order valence-electron chi connectivity index (χ0n) is 11.1. The van der Waals surface area contributed by atoms with Crippen molar-refractivity contribution in [3.8, 4) is 0 Å². The van der Waals surface area contributed by atoms with Crippen LogP contribution >= 0.6 is 0 Å². The molecule has 0 aliphatic heterocycles. The maximum atomic E-state index is 6.62. The second kappa shape index (κ2) is 5.34. The SMILES string of the molecule is CCCC(C)CC1(N)CC(C)CCC1C. The minimum Gasteiger partial charge on any atom is -0.325 e. The lowest BCUT2D eigenvalue weighted by molar-refractivity contribution is 0.131. The molecule has 1 aliphatic carbocycles. The maximum absolute atomic E-state index is 6.62. The lowest BCUT2D eigenvalue weighted by Crippen LogP contribution is -2.51. The molecule has 1 aliphatic rings. The van der Waals surface area contributed by atoms with Crippen molar-refractivity contribution >= 4 is 0 Å². The Morgan fingerprint density at radius 2 is 2.00 bits per heavy atom. The summed E-state index contributed by atoms with van der Waals surface area (Å²) < 4.78 is 0. The quantitative estimate of drug-likeness (QED) is 0.748. The van der Waals surface area contributed by atoms with Crippen molar-refractivity contribution in [3.63, 3.8) is 0 Å². The highest BCUT2D eigenvalue weighted by molar-refractivity contribution is 4.95. The van der Waals surface area contributed by atoms with Gasteiger partial charge in [0, 0.05) is 5.54 Å². The van der Waals surface area contributed by atoms with Gasteiger partial charge in [0.25, 0.3) is 0 Å². The maximum Gasteiger partial charge on any atom is 0.0185 e. The minimum absolute atomic E-state index is 0.131. The molecule has 90 valence electrons. The minimum atomic E-state index is 0.131. The van der Waals surface area contributed by atoms with Crippen LogP contribution in [0, 0.1) is 17.8 Å². The molecule has 0 aromatic carbocycles. The van der Waals surface area contributed by atoms with Crippen molar-refractivity contribution < 1.29 is 0 Å². The lowest BCUT2D eigenvalue weighted by atomic mass is 9.66. The summed E-state index contributed by atoms with van der Waals surface area (Å²) in [5, 5.41) is 0. The fraction of sp³-hybridized carbons (Fsp3) is 1.00. The van der Waals surface area contributed by atoms with Gasteiger partial charge in [-0.1, -0.05) is 47.0 Å². The van der Waals surface area contributed by atoms with Gasteiger partial charge < -0.3 is 5.73 Å². The van der Waals surface area contributed by atoms with Crippen LogP contribution in [0.15, 0.2) is 0 Å². The molecule has 1 saturated carbocycles. The number of rotatable bonds is 4. The highest BCUT2D eigenvalue weighted by atomic mass is 14.8. The molecule has 15 heavy (non-hydrogen) atoms. The average Bonchev–Trinajstić information content (AvgIpc) is 2.12. The largest absolute Gasteiger partial charge is 0.325 e. The summed E-state index contributed by atoms with van der Waals surface area (Å²) in [5.74, 6) is 2.35. The Hall–Kier alpha value is -0.0400. The second-order valence-corrected chi connectivity index (χ2v) is 6.12. The van der Waals surface area contributed by atoms with E-state index in [-0.39, 0.29) is 5.54 Å². The zero-order chi connectivity index (χ0) is 11.5. The van der Waals surface area contributed by atoms with Crippen LogP contribution < -0.4 is 5.73 Å². The van der Waals surface area contributed by atoms with Crippen LogP contribution in [0.4, 0.5) is 0 Å². The van der Waals surface area contributed by atoms with Crippen LogP contribution in [0.1, 0.15) is 66.2 Å². The van der Waals surface area contributed by atoms with Crippen LogP contribution in [-0.2, 0) is 0 Å². The topological polar surface area (TPSA) is 26.0 Å². The molecule has 0 amide bonds. The molecule has 0 heterocycles. The van der Waals surface area contributed by atoms with E-state index in [0.29, 0.717) is 5.92 Å². The Morgan fingerprint density at radius 3 is 2.60 bits per heavy atom. The highest BCUT2D eigenvalue weighted by Gasteiger charge is 2.37. The zero-order valence-corrected chi connectivity index (χ0v) is 11.1. The summed E-state index contributed by atoms with van der Waals surface area (Å²) in [6.45, 7) is 9.35. The number of nitrogens with two attached hydrogens (primary N) is 1. The molecule has 1 nitrogen and oxygen atoms in total. The van der Waals surface area contributed by atoms with Gasteiger partial charge in [0.05, 0.1) is 0 Å². The summed E-state index contributed by atoms with van der Waals surface area (Å²) in [6.07, 6.45) is 7.80. The van der Waals surface area contributed by atoms with Gasteiger partial charge in [-0.05, 0) is 37.0 Å². The summed E-state index contributed by atoms with van der Waals surface area (Å²) in [6, 6.07) is 0. The van der Waals surface area contributed by atoms with E-state index in [2.05, 4.69) is 27.7 Å². The van der Waals surface area contributed by atoms with Gasteiger partial charge in [-0.3, -0.25) is 0 Å². The predicted molar refractivity (Wildman–Crippen MR) is 67.8 cm³/mol. The lowest BCUT2D eigenvalue weighted by Gasteiger charge is -2.44. The van der Waals surface area contributed by atoms with Gasteiger partial charge in [0.2, 0.25) is 0 Å². The van der Waals surface area contributed by atoms with Crippen LogP contribution in [0.2, 0.25) is 0 Å². The highest BCUT2D eigenvalue weighted by Crippen LogP contribution is 2.39. The van der Waals surface area contributed by atoms with Crippen molar-refractivity contribution in [2.75, 3.05) is 0 Å². The van der Waals surface area contributed by atoms with Gasteiger partial charge >= 0.3 is 0 Å². The van der Waals surface area contributed by atoms with E-state index in [4.69, 9.17) is 5.73 Å². The Labute approximate surface area is 95.8 Å². The molecular weight excluding hydrogens is 182 g/mol.